The second-order valence-corrected chi connectivity index (χ2v) is 5.44. The van der Waals surface area contributed by atoms with E-state index in [-0.39, 0.29) is 11.9 Å². The zero-order chi connectivity index (χ0) is 14.3. The number of thiocarbonyl (C=S) groups is 1. The first-order valence-corrected chi connectivity index (χ1v) is 7.51. The van der Waals surface area contributed by atoms with Crippen molar-refractivity contribution >= 4 is 23.1 Å². The maximum Gasteiger partial charge on any atom is 0.234 e. The molecule has 1 rings (SSSR count). The molecular weight excluding hydrogens is 260 g/mol. The molecule has 1 heterocycles. The van der Waals surface area contributed by atoms with Gasteiger partial charge >= 0.3 is 0 Å². The minimum absolute atomic E-state index is 0.107. The zero-order valence-electron chi connectivity index (χ0n) is 12.0. The van der Waals surface area contributed by atoms with E-state index < -0.39 is 0 Å². The highest BCUT2D eigenvalue weighted by molar-refractivity contribution is 7.80. The van der Waals surface area contributed by atoms with E-state index in [0.717, 1.165) is 39.0 Å². The van der Waals surface area contributed by atoms with Crippen LogP contribution in [0.1, 0.15) is 26.7 Å². The van der Waals surface area contributed by atoms with Crippen LogP contribution in [0.2, 0.25) is 0 Å². The Kier molecular flexibility index (Phi) is 7.27. The van der Waals surface area contributed by atoms with Crippen LogP contribution in [0.15, 0.2) is 0 Å². The fraction of sp³-hybridized carbons (Fsp3) is 0.846. The summed E-state index contributed by atoms with van der Waals surface area (Å²) >= 11 is 5.16. The quantitative estimate of drug-likeness (QED) is 0.655. The van der Waals surface area contributed by atoms with Crippen LogP contribution in [0.4, 0.5) is 0 Å². The van der Waals surface area contributed by atoms with Gasteiger partial charge in [0.25, 0.3) is 0 Å². The third-order valence-corrected chi connectivity index (χ3v) is 3.75. The molecule has 5 nitrogen and oxygen atoms in total. The van der Waals surface area contributed by atoms with Crippen LogP contribution >= 0.6 is 12.2 Å². The minimum atomic E-state index is 0.107. The summed E-state index contributed by atoms with van der Waals surface area (Å²) in [4.78, 5) is 16.7. The molecule has 1 aliphatic heterocycles. The molecule has 6 heteroatoms. The van der Waals surface area contributed by atoms with Gasteiger partial charge in [-0.2, -0.15) is 0 Å². The van der Waals surface area contributed by atoms with Crippen LogP contribution in [0.5, 0.6) is 0 Å². The van der Waals surface area contributed by atoms with Crippen molar-refractivity contribution in [3.8, 4) is 0 Å². The number of nitrogens with two attached hydrogens (primary N) is 1. The lowest BCUT2D eigenvalue weighted by molar-refractivity contribution is -0.122. The number of amides is 1. The summed E-state index contributed by atoms with van der Waals surface area (Å²) in [6, 6.07) is 0.214. The lowest BCUT2D eigenvalue weighted by Gasteiger charge is -2.38. The van der Waals surface area contributed by atoms with Gasteiger partial charge < -0.3 is 11.1 Å². The number of hydrogen-bond donors (Lipinski definition) is 2. The fourth-order valence-electron chi connectivity index (χ4n) is 2.47. The van der Waals surface area contributed by atoms with Gasteiger partial charge in [-0.15, -0.1) is 0 Å². The molecule has 1 fully saturated rings. The smallest absolute Gasteiger partial charge is 0.234 e. The van der Waals surface area contributed by atoms with Crippen molar-refractivity contribution < 1.29 is 4.79 Å². The molecule has 19 heavy (non-hydrogen) atoms. The number of piperazine rings is 1. The highest BCUT2D eigenvalue weighted by atomic mass is 32.1. The molecule has 1 amide bonds. The first-order valence-electron chi connectivity index (χ1n) is 7.10. The molecule has 0 saturated carbocycles. The molecule has 3 N–H and O–H groups in total. The monoisotopic (exact) mass is 286 g/mol. The number of carbonyl (C=O) groups excluding carboxylic acids is 1. The standard InChI is InChI=1S/C13H26N4OS/c1-3-5-11(13(14)19)17-8-6-16(7-9-17)10-12(18)15-4-2/h11H,3-10H2,1-2H3,(H2,14,19)(H,15,18). The summed E-state index contributed by atoms with van der Waals surface area (Å²) in [5.41, 5.74) is 5.82. The molecule has 0 bridgehead atoms. The molecule has 0 radical (unpaired) electrons. The van der Waals surface area contributed by atoms with Crippen LogP contribution in [0.25, 0.3) is 0 Å². The van der Waals surface area contributed by atoms with E-state index in [1.54, 1.807) is 0 Å². The molecule has 0 aliphatic carbocycles. The van der Waals surface area contributed by atoms with Crippen molar-refractivity contribution in [2.24, 2.45) is 5.73 Å². The number of likely N-dealkylation sites (N-methyl/N-ethyl adjacent to an activating group) is 1. The molecule has 0 spiro atoms. The van der Waals surface area contributed by atoms with Crippen LogP contribution in [-0.2, 0) is 4.79 Å². The summed E-state index contributed by atoms with van der Waals surface area (Å²) in [6.07, 6.45) is 2.10. The normalized spacial score (nSPS) is 19.1. The molecule has 0 aromatic rings. The minimum Gasteiger partial charge on any atom is -0.392 e. The number of carbonyl (C=O) groups is 1. The van der Waals surface area contributed by atoms with E-state index >= 15 is 0 Å². The Morgan fingerprint density at radius 3 is 2.42 bits per heavy atom. The Labute approximate surface area is 121 Å². The van der Waals surface area contributed by atoms with E-state index in [0.29, 0.717) is 18.1 Å². The molecule has 110 valence electrons. The third kappa shape index (κ3) is 5.42. The number of rotatable bonds is 7. The molecule has 0 aromatic carbocycles. The molecule has 1 unspecified atom stereocenters. The summed E-state index contributed by atoms with van der Waals surface area (Å²) in [5.74, 6) is 0.107. The van der Waals surface area contributed by atoms with Gasteiger partial charge in [0, 0.05) is 32.7 Å². The van der Waals surface area contributed by atoms with Gasteiger partial charge in [0.05, 0.1) is 17.6 Å². The van der Waals surface area contributed by atoms with Crippen LogP contribution in [0.3, 0.4) is 0 Å². The predicted octanol–water partition coefficient (Wildman–Crippen LogP) is 0.195. The van der Waals surface area contributed by atoms with E-state index in [1.807, 2.05) is 6.92 Å². The molecule has 1 atom stereocenters. The van der Waals surface area contributed by atoms with Crippen LogP contribution in [0, 0.1) is 0 Å². The summed E-state index contributed by atoms with van der Waals surface area (Å²) in [5, 5.41) is 2.83. The van der Waals surface area contributed by atoms with Crippen molar-refractivity contribution in [2.45, 2.75) is 32.7 Å². The van der Waals surface area contributed by atoms with Gasteiger partial charge in [-0.25, -0.2) is 0 Å². The van der Waals surface area contributed by atoms with Crippen molar-refractivity contribution in [1.29, 1.82) is 0 Å². The average Bonchev–Trinajstić information content (AvgIpc) is 2.37. The van der Waals surface area contributed by atoms with E-state index in [9.17, 15) is 4.79 Å². The first kappa shape index (κ1) is 16.3. The Morgan fingerprint density at radius 1 is 1.32 bits per heavy atom. The van der Waals surface area contributed by atoms with Gasteiger partial charge in [0.15, 0.2) is 0 Å². The Hall–Kier alpha value is -0.720. The van der Waals surface area contributed by atoms with Gasteiger partial charge in [-0.1, -0.05) is 25.6 Å². The fourth-order valence-corrected chi connectivity index (χ4v) is 2.73. The largest absolute Gasteiger partial charge is 0.392 e. The highest BCUT2D eigenvalue weighted by Gasteiger charge is 2.25. The second kappa shape index (κ2) is 8.45. The van der Waals surface area contributed by atoms with Crippen molar-refractivity contribution in [1.82, 2.24) is 15.1 Å². The van der Waals surface area contributed by atoms with E-state index in [1.165, 1.54) is 0 Å². The maximum atomic E-state index is 11.5. The molecule has 1 aliphatic rings. The van der Waals surface area contributed by atoms with Crippen molar-refractivity contribution in [3.63, 3.8) is 0 Å². The van der Waals surface area contributed by atoms with Gasteiger partial charge in [0.1, 0.15) is 0 Å². The summed E-state index contributed by atoms with van der Waals surface area (Å²) in [6.45, 7) is 8.94. The van der Waals surface area contributed by atoms with E-state index in [4.69, 9.17) is 18.0 Å². The number of nitrogens with one attached hydrogen (secondary N) is 1. The van der Waals surface area contributed by atoms with Gasteiger partial charge in [-0.3, -0.25) is 14.6 Å². The van der Waals surface area contributed by atoms with Gasteiger partial charge in [0.2, 0.25) is 5.91 Å². The lowest BCUT2D eigenvalue weighted by atomic mass is 10.1. The zero-order valence-corrected chi connectivity index (χ0v) is 12.8. The van der Waals surface area contributed by atoms with Crippen molar-refractivity contribution in [3.05, 3.63) is 0 Å². The summed E-state index contributed by atoms with van der Waals surface area (Å²) in [7, 11) is 0. The number of hydrogen-bond acceptors (Lipinski definition) is 4. The summed E-state index contributed by atoms with van der Waals surface area (Å²) < 4.78 is 0. The van der Waals surface area contributed by atoms with Crippen molar-refractivity contribution in [2.75, 3.05) is 39.3 Å². The Balaban J connectivity index is 2.39. The van der Waals surface area contributed by atoms with E-state index in [2.05, 4.69) is 22.0 Å². The Morgan fingerprint density at radius 2 is 1.95 bits per heavy atom. The molecule has 1 saturated heterocycles. The second-order valence-electron chi connectivity index (χ2n) is 4.97. The van der Waals surface area contributed by atoms with Crippen LogP contribution in [-0.4, -0.2) is 66.0 Å². The third-order valence-electron chi connectivity index (χ3n) is 3.48. The highest BCUT2D eigenvalue weighted by Crippen LogP contribution is 2.11. The number of nitrogens with zero attached hydrogens (tertiary/aromatic N) is 2. The predicted molar refractivity (Wildman–Crippen MR) is 82.2 cm³/mol. The average molecular weight is 286 g/mol. The lowest BCUT2D eigenvalue weighted by Crippen LogP contribution is -2.55. The molecule has 0 aromatic heterocycles. The van der Waals surface area contributed by atoms with Crippen LogP contribution < -0.4 is 11.1 Å². The Bertz CT molecular complexity index is 303. The first-order chi connectivity index (χ1) is 9.08. The topological polar surface area (TPSA) is 61.6 Å². The SMILES string of the molecule is CCCC(C(N)=S)N1CCN(CC(=O)NCC)CC1. The maximum absolute atomic E-state index is 11.5. The molecular formula is C13H26N4OS. The van der Waals surface area contributed by atoms with Gasteiger partial charge in [-0.05, 0) is 13.3 Å².